The zero-order valence-electron chi connectivity index (χ0n) is 25.9. The summed E-state index contributed by atoms with van der Waals surface area (Å²) in [7, 11) is -1.97. The van der Waals surface area contributed by atoms with E-state index in [0.717, 1.165) is 22.6 Å². The average Bonchev–Trinajstić information content (AvgIpc) is 3.57. The van der Waals surface area contributed by atoms with Crippen LogP contribution >= 0.6 is 0 Å². The lowest BCUT2D eigenvalue weighted by Gasteiger charge is -2.27. The third-order valence-electron chi connectivity index (χ3n) is 10.1. The van der Waals surface area contributed by atoms with Crippen LogP contribution in [0.15, 0.2) is 152 Å². The summed E-state index contributed by atoms with van der Waals surface area (Å²) >= 11 is 0. The Labute approximate surface area is 270 Å². The predicted molar refractivity (Wildman–Crippen MR) is 195 cm³/mol. The third-order valence-corrected chi connectivity index (χ3v) is 14.1. The highest BCUT2D eigenvalue weighted by molar-refractivity contribution is 6.93. The highest BCUT2D eigenvalue weighted by atomic mass is 28.3. The fourth-order valence-corrected chi connectivity index (χ4v) is 11.6. The van der Waals surface area contributed by atoms with Crippen molar-refractivity contribution in [3.63, 3.8) is 0 Å². The third kappa shape index (κ3) is 4.10. The second-order valence-corrected chi connectivity index (χ2v) is 17.7. The molecule has 4 heteroatoms. The van der Waals surface area contributed by atoms with Gasteiger partial charge in [0.05, 0.1) is 30.5 Å². The minimum atomic E-state index is -1.97. The fraction of sp³-hybridized carbons (Fsp3) is 0.0952. The van der Waals surface area contributed by atoms with E-state index < -0.39 is 8.07 Å². The van der Waals surface area contributed by atoms with Crippen molar-refractivity contribution in [1.29, 1.82) is 0 Å². The molecule has 0 fully saturated rings. The predicted octanol–water partition coefficient (Wildman–Crippen LogP) is 10.1. The topological polar surface area (TPSA) is 30.7 Å². The maximum Gasteiger partial charge on any atom is 0.160 e. The van der Waals surface area contributed by atoms with Gasteiger partial charge in [0.1, 0.15) is 0 Å². The van der Waals surface area contributed by atoms with Crippen molar-refractivity contribution in [3.8, 4) is 39.5 Å². The first-order valence-electron chi connectivity index (χ1n) is 16.1. The van der Waals surface area contributed by atoms with E-state index in [-0.39, 0.29) is 5.92 Å². The van der Waals surface area contributed by atoms with Gasteiger partial charge < -0.3 is 4.57 Å². The number of hydrogen-bond donors (Lipinski definition) is 0. The van der Waals surface area contributed by atoms with Gasteiger partial charge in [0.15, 0.2) is 5.82 Å². The molecule has 0 amide bonds. The summed E-state index contributed by atoms with van der Waals surface area (Å²) < 4.78 is 2.38. The molecule has 2 atom stereocenters. The van der Waals surface area contributed by atoms with Crippen molar-refractivity contribution < 1.29 is 0 Å². The Kier molecular flexibility index (Phi) is 6.09. The van der Waals surface area contributed by atoms with E-state index in [1.165, 1.54) is 49.5 Å². The summed E-state index contributed by atoms with van der Waals surface area (Å²) in [4.78, 5) is 10.9. The second kappa shape index (κ2) is 10.4. The van der Waals surface area contributed by atoms with Crippen LogP contribution in [0.1, 0.15) is 11.6 Å². The van der Waals surface area contributed by atoms with Crippen LogP contribution in [0.5, 0.6) is 0 Å². The number of rotatable bonds is 4. The quantitative estimate of drug-likeness (QED) is 0.186. The normalized spacial score (nSPS) is 17.8. The second-order valence-electron chi connectivity index (χ2n) is 13.1. The Hall–Kier alpha value is -5.32. The summed E-state index contributed by atoms with van der Waals surface area (Å²) in [6.45, 7) is 5.00. The molecule has 2 aromatic heterocycles. The molecule has 2 unspecified atom stereocenters. The van der Waals surface area contributed by atoms with Crippen LogP contribution < -0.4 is 5.19 Å². The number of hydrogen-bond acceptors (Lipinski definition) is 2. The first kappa shape index (κ1) is 27.0. The average molecular weight is 608 g/mol. The van der Waals surface area contributed by atoms with Crippen molar-refractivity contribution in [2.24, 2.45) is 0 Å². The molecule has 46 heavy (non-hydrogen) atoms. The molecular weight excluding hydrogens is 575 g/mol. The van der Waals surface area contributed by atoms with E-state index in [2.05, 4.69) is 169 Å². The SMILES string of the molecule is C[Si]1(C)c2c(-c3ccc4c(c3)c3ccccc3n4-c3ccccc3)nc(-c3cccc(-c4ccccc4)c3)nc2C2C=CC=CC21. The summed E-state index contributed by atoms with van der Waals surface area (Å²) in [5, 5.41) is 3.89. The monoisotopic (exact) mass is 607 g/mol. The van der Waals surface area contributed by atoms with Crippen LogP contribution in [0.3, 0.4) is 0 Å². The minimum absolute atomic E-state index is 0.281. The van der Waals surface area contributed by atoms with E-state index in [1.807, 2.05) is 0 Å². The van der Waals surface area contributed by atoms with E-state index in [0.29, 0.717) is 5.54 Å². The molecule has 5 aromatic carbocycles. The smallest absolute Gasteiger partial charge is 0.160 e. The maximum absolute atomic E-state index is 5.49. The molecule has 3 nitrogen and oxygen atoms in total. The lowest BCUT2D eigenvalue weighted by molar-refractivity contribution is 0.823. The first-order chi connectivity index (χ1) is 22.6. The molecule has 2 aliphatic rings. The van der Waals surface area contributed by atoms with Crippen molar-refractivity contribution in [1.82, 2.24) is 14.5 Å². The number of nitrogens with zero attached hydrogens (tertiary/aromatic N) is 3. The zero-order valence-corrected chi connectivity index (χ0v) is 26.9. The van der Waals surface area contributed by atoms with Gasteiger partial charge in [-0.25, -0.2) is 9.97 Å². The van der Waals surface area contributed by atoms with Crippen molar-refractivity contribution >= 4 is 35.1 Å². The van der Waals surface area contributed by atoms with Gasteiger partial charge in [-0.15, -0.1) is 0 Å². The molecule has 0 spiro atoms. The Bertz CT molecular complexity index is 2350. The molecule has 0 saturated heterocycles. The van der Waals surface area contributed by atoms with Gasteiger partial charge >= 0.3 is 0 Å². The van der Waals surface area contributed by atoms with Crippen molar-refractivity contribution in [2.75, 3.05) is 0 Å². The van der Waals surface area contributed by atoms with Gasteiger partial charge in [0.2, 0.25) is 0 Å². The van der Waals surface area contributed by atoms with Gasteiger partial charge in [-0.2, -0.15) is 0 Å². The molecule has 3 heterocycles. The van der Waals surface area contributed by atoms with E-state index in [9.17, 15) is 0 Å². The van der Waals surface area contributed by atoms with Gasteiger partial charge in [-0.1, -0.05) is 128 Å². The Morgan fingerprint density at radius 3 is 2.11 bits per heavy atom. The molecule has 0 N–H and O–H groups in total. The number of benzene rings is 5. The Morgan fingerprint density at radius 1 is 0.565 bits per heavy atom. The number of fused-ring (bicyclic) bond motifs is 6. The van der Waals surface area contributed by atoms with E-state index in [4.69, 9.17) is 9.97 Å². The lowest BCUT2D eigenvalue weighted by Crippen LogP contribution is -2.43. The van der Waals surface area contributed by atoms with Crippen LogP contribution in [0.2, 0.25) is 18.6 Å². The van der Waals surface area contributed by atoms with Crippen LogP contribution in [0, 0.1) is 0 Å². The van der Waals surface area contributed by atoms with Crippen LogP contribution in [-0.2, 0) is 0 Å². The summed E-state index contributed by atoms with van der Waals surface area (Å²) in [5.41, 5.74) is 10.9. The standard InChI is InChI=1S/C42H33N3Si/c1-46(2)38-23-12-10-21-34(38)40-41(46)39(43-42(44-40)31-17-13-16-29(26-31)28-14-5-3-6-15-28)30-24-25-37-35(27-30)33-20-9-11-22-36(33)45(37)32-18-7-4-8-19-32/h3-27,34,38H,1-2H3. The van der Waals surface area contributed by atoms with Crippen LogP contribution in [0.4, 0.5) is 0 Å². The molecule has 1 aliphatic heterocycles. The number of para-hydroxylation sites is 2. The molecule has 0 saturated carbocycles. The first-order valence-corrected chi connectivity index (χ1v) is 19.2. The highest BCUT2D eigenvalue weighted by Crippen LogP contribution is 2.48. The van der Waals surface area contributed by atoms with Gasteiger partial charge in [-0.05, 0) is 58.3 Å². The summed E-state index contributed by atoms with van der Waals surface area (Å²) in [6.07, 6.45) is 9.21. The maximum atomic E-state index is 5.49. The highest BCUT2D eigenvalue weighted by Gasteiger charge is 2.49. The van der Waals surface area contributed by atoms with Gasteiger partial charge in [0.25, 0.3) is 0 Å². The molecule has 220 valence electrons. The van der Waals surface area contributed by atoms with Crippen LogP contribution in [0.25, 0.3) is 61.3 Å². The van der Waals surface area contributed by atoms with Crippen molar-refractivity contribution in [2.45, 2.75) is 24.6 Å². The molecule has 7 aromatic rings. The largest absolute Gasteiger partial charge is 0.309 e. The van der Waals surface area contributed by atoms with Gasteiger partial charge in [0, 0.05) is 33.5 Å². The Morgan fingerprint density at radius 2 is 1.26 bits per heavy atom. The lowest BCUT2D eigenvalue weighted by atomic mass is 9.95. The number of allylic oxidation sites excluding steroid dienone is 4. The van der Waals surface area contributed by atoms with E-state index in [1.54, 1.807) is 0 Å². The fourth-order valence-electron chi connectivity index (χ4n) is 7.86. The van der Waals surface area contributed by atoms with Crippen molar-refractivity contribution in [3.05, 3.63) is 157 Å². The molecule has 1 aliphatic carbocycles. The Balaban J connectivity index is 1.30. The van der Waals surface area contributed by atoms with E-state index >= 15 is 0 Å². The van der Waals surface area contributed by atoms with Crippen LogP contribution in [-0.4, -0.2) is 22.6 Å². The molecule has 9 rings (SSSR count). The minimum Gasteiger partial charge on any atom is -0.309 e. The molecule has 0 bridgehead atoms. The molecular formula is C42H33N3Si. The zero-order chi connectivity index (χ0) is 30.8. The van der Waals surface area contributed by atoms with Gasteiger partial charge in [-0.3, -0.25) is 0 Å². The number of aromatic nitrogens is 3. The summed E-state index contributed by atoms with van der Waals surface area (Å²) in [6, 6.07) is 45.6. The molecule has 0 radical (unpaired) electrons. The summed E-state index contributed by atoms with van der Waals surface area (Å²) in [5.74, 6) is 1.08.